The van der Waals surface area contributed by atoms with Gasteiger partial charge in [0, 0.05) is 43.5 Å². The Labute approximate surface area is 207 Å². The Morgan fingerprint density at radius 2 is 2.09 bits per heavy atom. The number of carbonyl (C=O) groups excluding carboxylic acids is 2. The lowest BCUT2D eigenvalue weighted by molar-refractivity contribution is -0.125. The second-order valence-electron chi connectivity index (χ2n) is 8.53. The zero-order valence-electron chi connectivity index (χ0n) is 20.3. The third-order valence-electron chi connectivity index (χ3n) is 5.44. The molecule has 2 heterocycles. The Morgan fingerprint density at radius 3 is 2.79 bits per heavy atom. The van der Waals surface area contributed by atoms with E-state index in [2.05, 4.69) is 15.6 Å². The lowest BCUT2D eigenvalue weighted by Gasteiger charge is -2.21. The standard InChI is InChI=1S/C25H32N4O4.ClH/c1-6-12-33-22-18(8-7-9-20(22)32-5)16-29(4)21(30)11-10-17-13-19-15-27-25(2,3)24(31)28-23(19)26-14-17;/h7-11,13-14,27H,6,12,15-16H2,1-5H3,(H,26,28,31);1H. The van der Waals surface area contributed by atoms with Crippen molar-refractivity contribution < 1.29 is 19.1 Å². The third-order valence-corrected chi connectivity index (χ3v) is 5.44. The van der Waals surface area contributed by atoms with Crippen LogP contribution in [0.2, 0.25) is 0 Å². The third kappa shape index (κ3) is 6.48. The number of nitrogens with one attached hydrogen (secondary N) is 2. The first-order valence-electron chi connectivity index (χ1n) is 11.0. The number of pyridine rings is 1. The number of para-hydroxylation sites is 1. The van der Waals surface area contributed by atoms with Gasteiger partial charge < -0.3 is 19.7 Å². The quantitative estimate of drug-likeness (QED) is 0.549. The molecule has 34 heavy (non-hydrogen) atoms. The predicted octanol–water partition coefficient (Wildman–Crippen LogP) is 3.79. The molecule has 3 rings (SSSR count). The van der Waals surface area contributed by atoms with E-state index in [9.17, 15) is 9.59 Å². The molecule has 8 nitrogen and oxygen atoms in total. The molecule has 184 valence electrons. The molecule has 0 bridgehead atoms. The number of rotatable bonds is 8. The number of likely N-dealkylation sites (N-methyl/N-ethyl adjacent to an activating group) is 1. The molecule has 0 radical (unpaired) electrons. The normalized spacial score (nSPS) is 14.4. The minimum atomic E-state index is -0.685. The molecule has 1 aromatic carbocycles. The Kier molecular flexibility index (Phi) is 9.46. The fourth-order valence-corrected chi connectivity index (χ4v) is 3.37. The van der Waals surface area contributed by atoms with Gasteiger partial charge in [0.25, 0.3) is 0 Å². The summed E-state index contributed by atoms with van der Waals surface area (Å²) >= 11 is 0. The molecular weight excluding hydrogens is 456 g/mol. The van der Waals surface area contributed by atoms with Crippen molar-refractivity contribution in [1.29, 1.82) is 0 Å². The van der Waals surface area contributed by atoms with Gasteiger partial charge in [-0.3, -0.25) is 14.9 Å². The van der Waals surface area contributed by atoms with Gasteiger partial charge in [0.05, 0.1) is 19.3 Å². The van der Waals surface area contributed by atoms with Crippen molar-refractivity contribution in [1.82, 2.24) is 15.2 Å². The highest BCUT2D eigenvalue weighted by molar-refractivity contribution is 5.98. The van der Waals surface area contributed by atoms with Crippen LogP contribution in [0.25, 0.3) is 6.08 Å². The monoisotopic (exact) mass is 488 g/mol. The Morgan fingerprint density at radius 1 is 1.32 bits per heavy atom. The number of hydrogen-bond donors (Lipinski definition) is 2. The van der Waals surface area contributed by atoms with E-state index < -0.39 is 5.54 Å². The number of methoxy groups -OCH3 is 1. The molecule has 0 unspecified atom stereocenters. The SMILES string of the molecule is CCCOc1c(CN(C)C(=O)C=Cc2cnc3c(c2)CNC(C)(C)C(=O)N3)cccc1OC.Cl. The van der Waals surface area contributed by atoms with Crippen LogP contribution in [0.4, 0.5) is 5.82 Å². The van der Waals surface area contributed by atoms with E-state index in [0.29, 0.717) is 37.0 Å². The van der Waals surface area contributed by atoms with E-state index in [4.69, 9.17) is 9.47 Å². The maximum absolute atomic E-state index is 12.7. The van der Waals surface area contributed by atoms with Crippen LogP contribution in [0.5, 0.6) is 11.5 Å². The average Bonchev–Trinajstić information content (AvgIpc) is 2.91. The summed E-state index contributed by atoms with van der Waals surface area (Å²) in [5.41, 5.74) is 1.84. The number of amides is 2. The smallest absolute Gasteiger partial charge is 0.246 e. The summed E-state index contributed by atoms with van der Waals surface area (Å²) < 4.78 is 11.3. The highest BCUT2D eigenvalue weighted by Gasteiger charge is 2.30. The second kappa shape index (κ2) is 11.9. The Balaban J connectivity index is 0.00000408. The van der Waals surface area contributed by atoms with Gasteiger partial charge in [0.15, 0.2) is 11.5 Å². The highest BCUT2D eigenvalue weighted by Crippen LogP contribution is 2.32. The van der Waals surface area contributed by atoms with Gasteiger partial charge in [-0.15, -0.1) is 12.4 Å². The summed E-state index contributed by atoms with van der Waals surface area (Å²) in [7, 11) is 3.35. The molecule has 1 aliphatic rings. The number of anilines is 1. The topological polar surface area (TPSA) is 92.8 Å². The van der Waals surface area contributed by atoms with Crippen LogP contribution in [-0.4, -0.2) is 48.0 Å². The summed E-state index contributed by atoms with van der Waals surface area (Å²) in [5.74, 6) is 1.57. The molecule has 2 amide bonds. The van der Waals surface area contributed by atoms with E-state index in [0.717, 1.165) is 23.1 Å². The second-order valence-corrected chi connectivity index (χ2v) is 8.53. The number of carbonyl (C=O) groups is 2. The predicted molar refractivity (Wildman–Crippen MR) is 135 cm³/mol. The van der Waals surface area contributed by atoms with Gasteiger partial charge in [-0.1, -0.05) is 19.1 Å². The van der Waals surface area contributed by atoms with E-state index in [1.165, 1.54) is 6.08 Å². The summed E-state index contributed by atoms with van der Waals surface area (Å²) in [5, 5.41) is 6.07. The van der Waals surface area contributed by atoms with Gasteiger partial charge in [-0.2, -0.15) is 0 Å². The molecule has 0 saturated heterocycles. The van der Waals surface area contributed by atoms with Crippen molar-refractivity contribution in [2.24, 2.45) is 0 Å². The fourth-order valence-electron chi connectivity index (χ4n) is 3.37. The molecule has 0 spiro atoms. The van der Waals surface area contributed by atoms with Gasteiger partial charge in [0.2, 0.25) is 11.8 Å². The van der Waals surface area contributed by atoms with Crippen LogP contribution in [0.15, 0.2) is 36.5 Å². The number of benzene rings is 1. The summed E-state index contributed by atoms with van der Waals surface area (Å²) in [6, 6.07) is 7.58. The van der Waals surface area contributed by atoms with Crippen molar-refractivity contribution in [2.75, 3.05) is 26.1 Å². The summed E-state index contributed by atoms with van der Waals surface area (Å²) in [6.07, 6.45) is 5.76. The van der Waals surface area contributed by atoms with Gasteiger partial charge in [-0.25, -0.2) is 4.98 Å². The Hall–Kier alpha value is -3.10. The van der Waals surface area contributed by atoms with Crippen molar-refractivity contribution in [3.63, 3.8) is 0 Å². The molecule has 0 saturated carbocycles. The summed E-state index contributed by atoms with van der Waals surface area (Å²) in [4.78, 5) is 31.0. The average molecular weight is 489 g/mol. The van der Waals surface area contributed by atoms with Crippen LogP contribution in [0.3, 0.4) is 0 Å². The number of halogens is 1. The van der Waals surface area contributed by atoms with Gasteiger partial charge in [0.1, 0.15) is 5.82 Å². The minimum absolute atomic E-state index is 0. The zero-order chi connectivity index (χ0) is 24.0. The van der Waals surface area contributed by atoms with Crippen LogP contribution < -0.4 is 20.1 Å². The maximum Gasteiger partial charge on any atom is 0.246 e. The van der Waals surface area contributed by atoms with Gasteiger partial charge >= 0.3 is 0 Å². The molecule has 0 atom stereocenters. The molecular formula is C25H33ClN4O4. The van der Waals surface area contributed by atoms with Crippen LogP contribution in [0.1, 0.15) is 43.9 Å². The molecule has 1 aromatic heterocycles. The molecule has 0 aliphatic carbocycles. The molecule has 1 aliphatic heterocycles. The molecule has 2 aromatic rings. The fraction of sp³-hybridized carbons (Fsp3) is 0.400. The lowest BCUT2D eigenvalue weighted by atomic mass is 10.1. The van der Waals surface area contributed by atoms with Crippen molar-refractivity contribution in [3.05, 3.63) is 53.2 Å². The van der Waals surface area contributed by atoms with E-state index >= 15 is 0 Å². The first-order valence-corrected chi connectivity index (χ1v) is 11.0. The van der Waals surface area contributed by atoms with Crippen LogP contribution >= 0.6 is 12.4 Å². The van der Waals surface area contributed by atoms with E-state index in [1.807, 2.05) is 45.0 Å². The Bertz CT molecular complexity index is 1060. The largest absolute Gasteiger partial charge is 0.493 e. The number of nitrogens with zero attached hydrogens (tertiary/aromatic N) is 2. The number of fused-ring (bicyclic) bond motifs is 1. The molecule has 9 heteroatoms. The summed E-state index contributed by atoms with van der Waals surface area (Å²) in [6.45, 7) is 7.14. The zero-order valence-corrected chi connectivity index (χ0v) is 21.1. The van der Waals surface area contributed by atoms with Crippen LogP contribution in [0, 0.1) is 0 Å². The highest BCUT2D eigenvalue weighted by atomic mass is 35.5. The number of ether oxygens (including phenoxy) is 2. The van der Waals surface area contributed by atoms with Gasteiger partial charge in [-0.05, 0) is 44.0 Å². The van der Waals surface area contributed by atoms with E-state index in [1.54, 1.807) is 31.3 Å². The lowest BCUT2D eigenvalue weighted by Crippen LogP contribution is -2.47. The van der Waals surface area contributed by atoms with Crippen molar-refractivity contribution in [3.8, 4) is 11.5 Å². The van der Waals surface area contributed by atoms with Crippen molar-refractivity contribution in [2.45, 2.75) is 45.8 Å². The first-order chi connectivity index (χ1) is 15.7. The number of hydrogen-bond acceptors (Lipinski definition) is 6. The van der Waals surface area contributed by atoms with Crippen LogP contribution in [-0.2, 0) is 22.7 Å². The van der Waals surface area contributed by atoms with Crippen molar-refractivity contribution >= 4 is 36.1 Å². The molecule has 0 fully saturated rings. The maximum atomic E-state index is 12.7. The minimum Gasteiger partial charge on any atom is -0.493 e. The van der Waals surface area contributed by atoms with E-state index in [-0.39, 0.29) is 24.2 Å². The number of aromatic nitrogens is 1. The molecule has 2 N–H and O–H groups in total. The first kappa shape index (κ1) is 27.1.